The van der Waals surface area contributed by atoms with E-state index < -0.39 is 0 Å². The maximum absolute atomic E-state index is 6.37. The predicted molar refractivity (Wildman–Crippen MR) is 104 cm³/mol. The normalized spacial score (nSPS) is 12.5. The number of para-hydroxylation sites is 1. The van der Waals surface area contributed by atoms with E-state index in [0.29, 0.717) is 11.8 Å². The Balaban J connectivity index is 2.36. The zero-order chi connectivity index (χ0) is 18.6. The number of ether oxygens (including phenoxy) is 1. The first kappa shape index (κ1) is 19.3. The number of allylic oxidation sites excluding steroid dienone is 2. The van der Waals surface area contributed by atoms with Crippen LogP contribution >= 0.6 is 0 Å². The number of aryl methyl sites for hydroxylation is 1. The molecule has 0 radical (unpaired) electrons. The first-order valence-corrected chi connectivity index (χ1v) is 9.39. The molecule has 0 spiro atoms. The molecule has 0 saturated carbocycles. The van der Waals surface area contributed by atoms with E-state index in [0.717, 1.165) is 18.1 Å². The molecule has 0 aliphatic carbocycles. The van der Waals surface area contributed by atoms with E-state index in [1.54, 1.807) is 0 Å². The van der Waals surface area contributed by atoms with Gasteiger partial charge in [0.25, 0.3) is 0 Å². The summed E-state index contributed by atoms with van der Waals surface area (Å²) in [5.41, 5.74) is 2.58. The Bertz CT molecular complexity index is 715. The van der Waals surface area contributed by atoms with Gasteiger partial charge in [0.1, 0.15) is 29.9 Å². The van der Waals surface area contributed by atoms with Crippen LogP contribution < -0.4 is 9.30 Å². The molecular weight excluding hydrogens is 308 g/mol. The number of nitrogens with zero attached hydrogens (tertiary/aromatic N) is 2. The summed E-state index contributed by atoms with van der Waals surface area (Å²) in [4.78, 5) is 0. The summed E-state index contributed by atoms with van der Waals surface area (Å²) in [6, 6.07) is 8.59. The van der Waals surface area contributed by atoms with E-state index >= 15 is 0 Å². The Labute approximate surface area is 153 Å². The number of rotatable bonds is 7. The van der Waals surface area contributed by atoms with E-state index in [9.17, 15) is 0 Å². The quantitative estimate of drug-likeness (QED) is 0.489. The van der Waals surface area contributed by atoms with E-state index in [2.05, 4.69) is 94.5 Å². The molecule has 3 heteroatoms. The van der Waals surface area contributed by atoms with Gasteiger partial charge in [-0.05, 0) is 44.2 Å². The third kappa shape index (κ3) is 4.53. The van der Waals surface area contributed by atoms with Crippen LogP contribution in [-0.4, -0.2) is 4.57 Å². The average Bonchev–Trinajstić information content (AvgIpc) is 3.03. The van der Waals surface area contributed by atoms with Crippen molar-refractivity contribution in [2.75, 3.05) is 0 Å². The summed E-state index contributed by atoms with van der Waals surface area (Å²) in [6.45, 7) is 16.4. The summed E-state index contributed by atoms with van der Waals surface area (Å²) >= 11 is 0. The standard InChI is InChI=1S/C22H33N2O/c1-8-23-13-14-24(15-23)18(6)20-11-9-10-12-21(20)25-19(7)22(16(2)3)17(4)5/h9-18H,8H2,1-7H3/q+1. The van der Waals surface area contributed by atoms with Gasteiger partial charge in [-0.15, -0.1) is 0 Å². The molecule has 1 aromatic carbocycles. The SMILES string of the molecule is CC[n+]1ccn(C(C)c2ccccc2OC(C)=C(C(C)C)C(C)C)c1. The number of hydrogen-bond donors (Lipinski definition) is 0. The van der Waals surface area contributed by atoms with Crippen LogP contribution in [0.15, 0.2) is 54.3 Å². The molecule has 0 aliphatic rings. The lowest BCUT2D eigenvalue weighted by Gasteiger charge is -2.21. The highest BCUT2D eigenvalue weighted by Gasteiger charge is 2.20. The third-order valence-electron chi connectivity index (χ3n) is 4.81. The molecule has 136 valence electrons. The molecule has 0 aliphatic heterocycles. The molecule has 3 nitrogen and oxygen atoms in total. The molecule has 25 heavy (non-hydrogen) atoms. The monoisotopic (exact) mass is 341 g/mol. The van der Waals surface area contributed by atoms with E-state index in [1.165, 1.54) is 11.1 Å². The van der Waals surface area contributed by atoms with Crippen LogP contribution in [0.2, 0.25) is 0 Å². The maximum atomic E-state index is 6.37. The zero-order valence-corrected chi connectivity index (χ0v) is 16.8. The van der Waals surface area contributed by atoms with Crippen LogP contribution in [-0.2, 0) is 6.54 Å². The molecular formula is C22H33N2O+. The van der Waals surface area contributed by atoms with E-state index in [-0.39, 0.29) is 6.04 Å². The van der Waals surface area contributed by atoms with Crippen molar-refractivity contribution >= 4 is 0 Å². The van der Waals surface area contributed by atoms with Gasteiger partial charge < -0.3 is 4.74 Å². The fourth-order valence-electron chi connectivity index (χ4n) is 3.61. The molecule has 0 amide bonds. The van der Waals surface area contributed by atoms with Crippen molar-refractivity contribution in [2.45, 2.75) is 61.1 Å². The van der Waals surface area contributed by atoms with Crippen molar-refractivity contribution in [1.29, 1.82) is 0 Å². The fraction of sp³-hybridized carbons (Fsp3) is 0.500. The van der Waals surface area contributed by atoms with Crippen molar-refractivity contribution in [3.63, 3.8) is 0 Å². The van der Waals surface area contributed by atoms with Gasteiger partial charge in [-0.1, -0.05) is 45.9 Å². The van der Waals surface area contributed by atoms with Gasteiger partial charge in [-0.2, -0.15) is 0 Å². The molecule has 0 saturated heterocycles. The van der Waals surface area contributed by atoms with Gasteiger partial charge in [0.15, 0.2) is 0 Å². The second kappa shape index (κ2) is 8.37. The highest BCUT2D eigenvalue weighted by Crippen LogP contribution is 2.31. The molecule has 2 rings (SSSR count). The van der Waals surface area contributed by atoms with Gasteiger partial charge >= 0.3 is 0 Å². The third-order valence-corrected chi connectivity index (χ3v) is 4.81. The van der Waals surface area contributed by atoms with Gasteiger partial charge in [0, 0.05) is 5.56 Å². The largest absolute Gasteiger partial charge is 0.462 e. The Hall–Kier alpha value is -2.03. The minimum absolute atomic E-state index is 0.221. The zero-order valence-electron chi connectivity index (χ0n) is 16.8. The van der Waals surface area contributed by atoms with E-state index in [4.69, 9.17) is 4.74 Å². The van der Waals surface area contributed by atoms with Crippen LogP contribution in [0, 0.1) is 11.8 Å². The minimum Gasteiger partial charge on any atom is -0.462 e. The van der Waals surface area contributed by atoms with Crippen molar-refractivity contribution in [3.05, 3.63) is 59.9 Å². The second-order valence-corrected chi connectivity index (χ2v) is 7.33. The Morgan fingerprint density at radius 3 is 2.28 bits per heavy atom. The topological polar surface area (TPSA) is 18.0 Å². The van der Waals surface area contributed by atoms with Gasteiger partial charge in [0.2, 0.25) is 6.33 Å². The van der Waals surface area contributed by atoms with Crippen molar-refractivity contribution in [2.24, 2.45) is 11.8 Å². The summed E-state index contributed by atoms with van der Waals surface area (Å²) in [7, 11) is 0. The Morgan fingerprint density at radius 2 is 1.72 bits per heavy atom. The van der Waals surface area contributed by atoms with Crippen molar-refractivity contribution < 1.29 is 9.30 Å². The van der Waals surface area contributed by atoms with Crippen LogP contribution in [0.5, 0.6) is 5.75 Å². The smallest absolute Gasteiger partial charge is 0.244 e. The van der Waals surface area contributed by atoms with Crippen LogP contribution in [0.1, 0.15) is 60.1 Å². The molecule has 0 N–H and O–H groups in total. The summed E-state index contributed by atoms with van der Waals surface area (Å²) in [5, 5.41) is 0. The summed E-state index contributed by atoms with van der Waals surface area (Å²) < 4.78 is 10.8. The van der Waals surface area contributed by atoms with E-state index in [1.807, 2.05) is 6.07 Å². The molecule has 1 heterocycles. The lowest BCUT2D eigenvalue weighted by Crippen LogP contribution is -2.29. The van der Waals surface area contributed by atoms with Gasteiger partial charge in [-0.25, -0.2) is 9.13 Å². The Morgan fingerprint density at radius 1 is 1.08 bits per heavy atom. The first-order chi connectivity index (χ1) is 11.8. The predicted octanol–water partition coefficient (Wildman–Crippen LogP) is 5.37. The molecule has 0 fully saturated rings. The van der Waals surface area contributed by atoms with Crippen LogP contribution in [0.25, 0.3) is 0 Å². The van der Waals surface area contributed by atoms with Crippen LogP contribution in [0.4, 0.5) is 0 Å². The van der Waals surface area contributed by atoms with Crippen LogP contribution in [0.3, 0.4) is 0 Å². The highest BCUT2D eigenvalue weighted by molar-refractivity contribution is 5.37. The number of imidazole rings is 1. The number of aromatic nitrogens is 2. The van der Waals surface area contributed by atoms with Crippen molar-refractivity contribution in [3.8, 4) is 5.75 Å². The first-order valence-electron chi connectivity index (χ1n) is 9.39. The van der Waals surface area contributed by atoms with Gasteiger partial charge in [-0.3, -0.25) is 0 Å². The Kier molecular flexibility index (Phi) is 6.46. The molecule has 0 bridgehead atoms. The number of hydrogen-bond acceptors (Lipinski definition) is 1. The van der Waals surface area contributed by atoms with Crippen molar-refractivity contribution in [1.82, 2.24) is 4.57 Å². The molecule has 1 atom stereocenters. The average molecular weight is 342 g/mol. The lowest BCUT2D eigenvalue weighted by molar-refractivity contribution is -0.693. The summed E-state index contributed by atoms with van der Waals surface area (Å²) in [5.74, 6) is 2.94. The molecule has 2 aromatic rings. The number of benzene rings is 1. The van der Waals surface area contributed by atoms with Gasteiger partial charge in [0.05, 0.1) is 6.54 Å². The fourth-order valence-corrected chi connectivity index (χ4v) is 3.61. The lowest BCUT2D eigenvalue weighted by atomic mass is 9.91. The molecule has 1 unspecified atom stereocenters. The minimum atomic E-state index is 0.221. The highest BCUT2D eigenvalue weighted by atomic mass is 16.5. The maximum Gasteiger partial charge on any atom is 0.244 e. The molecule has 1 aromatic heterocycles. The summed E-state index contributed by atoms with van der Waals surface area (Å²) in [6.07, 6.45) is 6.39. The second-order valence-electron chi connectivity index (χ2n) is 7.33.